The van der Waals surface area contributed by atoms with Crippen molar-refractivity contribution in [3.63, 3.8) is 0 Å². The summed E-state index contributed by atoms with van der Waals surface area (Å²) in [7, 11) is 0. The van der Waals surface area contributed by atoms with Gasteiger partial charge in [0.2, 0.25) is 5.91 Å². The Hall–Kier alpha value is -1.06. The van der Waals surface area contributed by atoms with Crippen molar-refractivity contribution in [2.45, 2.75) is 52.1 Å². The number of benzene rings is 1. The Labute approximate surface area is 128 Å². The highest BCUT2D eigenvalue weighted by Gasteiger charge is 2.21. The van der Waals surface area contributed by atoms with Gasteiger partial charge in [0.25, 0.3) is 0 Å². The molecular formula is C16H27ClN2O. The molecule has 0 bridgehead atoms. The van der Waals surface area contributed by atoms with Crippen LogP contribution in [0.2, 0.25) is 0 Å². The van der Waals surface area contributed by atoms with E-state index in [0.717, 1.165) is 19.3 Å². The van der Waals surface area contributed by atoms with E-state index in [1.165, 1.54) is 5.56 Å². The Kier molecular flexibility index (Phi) is 9.26. The molecule has 3 atom stereocenters. The maximum atomic E-state index is 12.1. The SMILES string of the molecule is CCC(Cc1ccccc1)NC(=O)C(N)C(C)CC.Cl. The van der Waals surface area contributed by atoms with Gasteiger partial charge in [-0.05, 0) is 24.3 Å². The van der Waals surface area contributed by atoms with Gasteiger partial charge in [0.05, 0.1) is 6.04 Å². The van der Waals surface area contributed by atoms with E-state index in [-0.39, 0.29) is 30.3 Å². The smallest absolute Gasteiger partial charge is 0.237 e. The van der Waals surface area contributed by atoms with Crippen LogP contribution in [0.5, 0.6) is 0 Å². The number of nitrogens with one attached hydrogen (secondary N) is 1. The van der Waals surface area contributed by atoms with Crippen molar-refractivity contribution in [2.75, 3.05) is 0 Å². The Morgan fingerprint density at radius 2 is 1.80 bits per heavy atom. The number of halogens is 1. The van der Waals surface area contributed by atoms with Crippen LogP contribution in [0, 0.1) is 5.92 Å². The number of amides is 1. The molecule has 0 aromatic heterocycles. The zero-order valence-corrected chi connectivity index (χ0v) is 13.5. The third-order valence-corrected chi connectivity index (χ3v) is 3.72. The molecule has 0 heterocycles. The summed E-state index contributed by atoms with van der Waals surface area (Å²) in [6.45, 7) is 6.16. The summed E-state index contributed by atoms with van der Waals surface area (Å²) in [5.41, 5.74) is 7.20. The van der Waals surface area contributed by atoms with Gasteiger partial charge in [-0.2, -0.15) is 0 Å². The first-order chi connectivity index (χ1) is 9.08. The number of carbonyl (C=O) groups excluding carboxylic acids is 1. The monoisotopic (exact) mass is 298 g/mol. The molecule has 0 aliphatic carbocycles. The van der Waals surface area contributed by atoms with E-state index in [1.54, 1.807) is 0 Å². The van der Waals surface area contributed by atoms with Crippen LogP contribution in [0.4, 0.5) is 0 Å². The summed E-state index contributed by atoms with van der Waals surface area (Å²) in [6.07, 6.45) is 2.69. The first-order valence-electron chi connectivity index (χ1n) is 7.18. The summed E-state index contributed by atoms with van der Waals surface area (Å²) in [5, 5.41) is 3.07. The van der Waals surface area contributed by atoms with Gasteiger partial charge in [-0.25, -0.2) is 0 Å². The summed E-state index contributed by atoms with van der Waals surface area (Å²) in [4.78, 5) is 12.1. The molecule has 3 N–H and O–H groups in total. The van der Waals surface area contributed by atoms with Crippen molar-refractivity contribution < 1.29 is 4.79 Å². The van der Waals surface area contributed by atoms with Crippen LogP contribution in [0.25, 0.3) is 0 Å². The fourth-order valence-corrected chi connectivity index (χ4v) is 2.01. The highest BCUT2D eigenvalue weighted by molar-refractivity contribution is 5.85. The molecule has 20 heavy (non-hydrogen) atoms. The van der Waals surface area contributed by atoms with Crippen molar-refractivity contribution in [2.24, 2.45) is 11.7 Å². The van der Waals surface area contributed by atoms with Gasteiger partial charge in [-0.3, -0.25) is 4.79 Å². The fraction of sp³-hybridized carbons (Fsp3) is 0.562. The van der Waals surface area contributed by atoms with E-state index >= 15 is 0 Å². The number of carbonyl (C=O) groups is 1. The maximum absolute atomic E-state index is 12.1. The van der Waals surface area contributed by atoms with Gasteiger partial charge in [-0.15, -0.1) is 12.4 Å². The van der Waals surface area contributed by atoms with Crippen molar-refractivity contribution >= 4 is 18.3 Å². The lowest BCUT2D eigenvalue weighted by atomic mass is 9.98. The second-order valence-electron chi connectivity index (χ2n) is 5.21. The quantitative estimate of drug-likeness (QED) is 0.813. The highest BCUT2D eigenvalue weighted by atomic mass is 35.5. The van der Waals surface area contributed by atoms with E-state index in [4.69, 9.17) is 5.73 Å². The number of hydrogen-bond donors (Lipinski definition) is 2. The third-order valence-electron chi connectivity index (χ3n) is 3.72. The molecule has 0 aliphatic heterocycles. The topological polar surface area (TPSA) is 55.1 Å². The molecule has 1 aromatic carbocycles. The summed E-state index contributed by atoms with van der Waals surface area (Å²) in [5.74, 6) is 0.186. The molecule has 0 saturated heterocycles. The van der Waals surface area contributed by atoms with Crippen LogP contribution in [0.3, 0.4) is 0 Å². The van der Waals surface area contributed by atoms with E-state index in [9.17, 15) is 4.79 Å². The van der Waals surface area contributed by atoms with E-state index in [1.807, 2.05) is 25.1 Å². The molecule has 0 radical (unpaired) electrons. The maximum Gasteiger partial charge on any atom is 0.237 e. The largest absolute Gasteiger partial charge is 0.352 e. The molecule has 4 heteroatoms. The van der Waals surface area contributed by atoms with Gasteiger partial charge in [-0.1, -0.05) is 57.5 Å². The molecule has 3 unspecified atom stereocenters. The van der Waals surface area contributed by atoms with Crippen LogP contribution in [-0.4, -0.2) is 18.0 Å². The molecule has 0 fully saturated rings. The van der Waals surface area contributed by atoms with E-state index in [0.29, 0.717) is 0 Å². The second kappa shape index (κ2) is 9.78. The molecule has 1 rings (SSSR count). The molecule has 0 aliphatic rings. The molecule has 1 aromatic rings. The van der Waals surface area contributed by atoms with E-state index in [2.05, 4.69) is 31.3 Å². The zero-order chi connectivity index (χ0) is 14.3. The Morgan fingerprint density at radius 3 is 2.30 bits per heavy atom. The minimum absolute atomic E-state index is 0. The first kappa shape index (κ1) is 18.9. The number of hydrogen-bond acceptors (Lipinski definition) is 2. The standard InChI is InChI=1S/C16H26N2O.ClH/c1-4-12(3)15(17)16(19)18-14(5-2)11-13-9-7-6-8-10-13;/h6-10,12,14-15H,4-5,11,17H2,1-3H3,(H,18,19);1H. The summed E-state index contributed by atoms with van der Waals surface area (Å²) in [6, 6.07) is 9.97. The third kappa shape index (κ3) is 5.93. The van der Waals surface area contributed by atoms with Crippen LogP contribution < -0.4 is 11.1 Å². The lowest BCUT2D eigenvalue weighted by Gasteiger charge is -2.22. The van der Waals surface area contributed by atoms with Crippen molar-refractivity contribution in [3.8, 4) is 0 Å². The number of rotatable bonds is 7. The molecule has 3 nitrogen and oxygen atoms in total. The average Bonchev–Trinajstić information content (AvgIpc) is 2.45. The van der Waals surface area contributed by atoms with Crippen molar-refractivity contribution in [3.05, 3.63) is 35.9 Å². The zero-order valence-electron chi connectivity index (χ0n) is 12.6. The summed E-state index contributed by atoms with van der Waals surface area (Å²) >= 11 is 0. The van der Waals surface area contributed by atoms with Gasteiger partial charge < -0.3 is 11.1 Å². The van der Waals surface area contributed by atoms with Crippen LogP contribution >= 0.6 is 12.4 Å². The molecular weight excluding hydrogens is 272 g/mol. The second-order valence-corrected chi connectivity index (χ2v) is 5.21. The molecule has 114 valence electrons. The van der Waals surface area contributed by atoms with Gasteiger partial charge in [0.15, 0.2) is 0 Å². The fourth-order valence-electron chi connectivity index (χ4n) is 2.01. The van der Waals surface area contributed by atoms with Gasteiger partial charge in [0.1, 0.15) is 0 Å². The van der Waals surface area contributed by atoms with Crippen LogP contribution in [0.1, 0.15) is 39.2 Å². The predicted octanol–water partition coefficient (Wildman–Crippen LogP) is 2.92. The Bertz CT molecular complexity index is 383. The lowest BCUT2D eigenvalue weighted by molar-refractivity contribution is -0.124. The van der Waals surface area contributed by atoms with Crippen molar-refractivity contribution in [1.82, 2.24) is 5.32 Å². The van der Waals surface area contributed by atoms with Crippen LogP contribution in [0.15, 0.2) is 30.3 Å². The number of nitrogens with two attached hydrogens (primary N) is 1. The van der Waals surface area contributed by atoms with Gasteiger partial charge >= 0.3 is 0 Å². The van der Waals surface area contributed by atoms with E-state index < -0.39 is 6.04 Å². The predicted molar refractivity (Wildman–Crippen MR) is 87.0 cm³/mol. The average molecular weight is 299 g/mol. The Balaban J connectivity index is 0.00000361. The minimum Gasteiger partial charge on any atom is -0.352 e. The molecule has 0 saturated carbocycles. The lowest BCUT2D eigenvalue weighted by Crippen LogP contribution is -2.48. The first-order valence-corrected chi connectivity index (χ1v) is 7.18. The molecule has 0 spiro atoms. The molecule has 1 amide bonds. The Morgan fingerprint density at radius 1 is 1.20 bits per heavy atom. The van der Waals surface area contributed by atoms with Crippen LogP contribution in [-0.2, 0) is 11.2 Å². The van der Waals surface area contributed by atoms with Crippen molar-refractivity contribution in [1.29, 1.82) is 0 Å². The normalized spacial score (nSPS) is 14.8. The summed E-state index contributed by atoms with van der Waals surface area (Å²) < 4.78 is 0. The van der Waals surface area contributed by atoms with Gasteiger partial charge in [0, 0.05) is 6.04 Å². The highest BCUT2D eigenvalue weighted by Crippen LogP contribution is 2.08. The minimum atomic E-state index is -0.408.